The van der Waals surface area contributed by atoms with Crippen molar-refractivity contribution >= 4 is 0 Å². The van der Waals surface area contributed by atoms with Crippen molar-refractivity contribution in [3.05, 3.63) is 35.9 Å². The predicted molar refractivity (Wildman–Crippen MR) is 60.4 cm³/mol. The number of hydrogen-bond donors (Lipinski definition) is 1. The van der Waals surface area contributed by atoms with Gasteiger partial charge in [-0.2, -0.15) is 0 Å². The van der Waals surface area contributed by atoms with E-state index in [1.165, 1.54) is 25.1 Å². The molecule has 76 valence electrons. The molecule has 1 aliphatic rings. The molecule has 1 saturated heterocycles. The molecule has 0 aromatic heterocycles. The van der Waals surface area contributed by atoms with Crippen molar-refractivity contribution in [3.63, 3.8) is 0 Å². The van der Waals surface area contributed by atoms with Gasteiger partial charge in [-0.1, -0.05) is 44.2 Å². The number of rotatable bonds is 2. The van der Waals surface area contributed by atoms with E-state index in [1.807, 2.05) is 0 Å². The van der Waals surface area contributed by atoms with Crippen LogP contribution in [-0.2, 0) is 5.41 Å². The van der Waals surface area contributed by atoms with Crippen LogP contribution >= 0.6 is 0 Å². The normalized spacial score (nSPS) is 22.6. The highest BCUT2D eigenvalue weighted by Gasteiger charge is 2.32. The summed E-state index contributed by atoms with van der Waals surface area (Å²) in [5, 5.41) is 3.45. The van der Waals surface area contributed by atoms with E-state index in [-0.39, 0.29) is 0 Å². The average molecular weight is 189 g/mol. The van der Waals surface area contributed by atoms with Crippen LogP contribution in [0.1, 0.15) is 25.8 Å². The summed E-state index contributed by atoms with van der Waals surface area (Å²) < 4.78 is 0. The van der Waals surface area contributed by atoms with Crippen molar-refractivity contribution in [1.29, 1.82) is 0 Å². The molecule has 0 aliphatic carbocycles. The van der Waals surface area contributed by atoms with Gasteiger partial charge in [-0.25, -0.2) is 0 Å². The highest BCUT2D eigenvalue weighted by atomic mass is 14.9. The lowest BCUT2D eigenvalue weighted by Gasteiger charge is -2.31. The monoisotopic (exact) mass is 189 g/mol. The van der Waals surface area contributed by atoms with Gasteiger partial charge in [-0.3, -0.25) is 0 Å². The Labute approximate surface area is 86.5 Å². The Morgan fingerprint density at radius 1 is 1.21 bits per heavy atom. The Hall–Kier alpha value is -0.820. The first-order chi connectivity index (χ1) is 6.71. The molecule has 0 saturated carbocycles. The molecule has 1 unspecified atom stereocenters. The van der Waals surface area contributed by atoms with Crippen molar-refractivity contribution in [3.8, 4) is 0 Å². The number of benzene rings is 1. The summed E-state index contributed by atoms with van der Waals surface area (Å²) in [5.41, 5.74) is 1.78. The van der Waals surface area contributed by atoms with Crippen LogP contribution in [0.4, 0.5) is 0 Å². The van der Waals surface area contributed by atoms with Crippen LogP contribution in [0.2, 0.25) is 0 Å². The first-order valence-electron chi connectivity index (χ1n) is 5.47. The van der Waals surface area contributed by atoms with Crippen LogP contribution in [0.5, 0.6) is 0 Å². The smallest absolute Gasteiger partial charge is 0.00117 e. The van der Waals surface area contributed by atoms with Crippen LogP contribution in [0.25, 0.3) is 0 Å². The quantitative estimate of drug-likeness (QED) is 0.754. The lowest BCUT2D eigenvalue weighted by molar-refractivity contribution is 0.343. The van der Waals surface area contributed by atoms with Crippen LogP contribution in [0, 0.1) is 5.92 Å². The van der Waals surface area contributed by atoms with E-state index in [1.54, 1.807) is 0 Å². The van der Waals surface area contributed by atoms with E-state index in [0.717, 1.165) is 5.92 Å². The molecule has 1 fully saturated rings. The fourth-order valence-electron chi connectivity index (χ4n) is 2.37. The molecular weight excluding hydrogens is 170 g/mol. The molecule has 1 aromatic rings. The molecule has 0 bridgehead atoms. The maximum Gasteiger partial charge on any atom is -0.00117 e. The van der Waals surface area contributed by atoms with Crippen molar-refractivity contribution in [2.45, 2.75) is 25.7 Å². The van der Waals surface area contributed by atoms with Gasteiger partial charge in [0.15, 0.2) is 0 Å². The first-order valence-corrected chi connectivity index (χ1v) is 5.47. The summed E-state index contributed by atoms with van der Waals surface area (Å²) in [6.45, 7) is 7.07. The van der Waals surface area contributed by atoms with E-state index < -0.39 is 0 Å². The second-order valence-electron chi connectivity index (χ2n) is 4.78. The molecule has 1 aromatic carbocycles. The van der Waals surface area contributed by atoms with E-state index in [9.17, 15) is 0 Å². The Bertz CT molecular complexity index is 283. The molecule has 14 heavy (non-hydrogen) atoms. The van der Waals surface area contributed by atoms with E-state index in [0.29, 0.717) is 5.41 Å². The maximum atomic E-state index is 3.45. The van der Waals surface area contributed by atoms with E-state index >= 15 is 0 Å². The van der Waals surface area contributed by atoms with Gasteiger partial charge in [0.25, 0.3) is 0 Å². The van der Waals surface area contributed by atoms with Crippen molar-refractivity contribution in [2.24, 2.45) is 5.92 Å². The van der Waals surface area contributed by atoms with E-state index in [2.05, 4.69) is 49.5 Å². The molecule has 1 nitrogen and oxygen atoms in total. The largest absolute Gasteiger partial charge is 0.316 e. The van der Waals surface area contributed by atoms with Crippen LogP contribution < -0.4 is 5.32 Å². The van der Waals surface area contributed by atoms with Gasteiger partial charge in [0.1, 0.15) is 0 Å². The van der Waals surface area contributed by atoms with Crippen LogP contribution in [0.3, 0.4) is 0 Å². The third-order valence-electron chi connectivity index (χ3n) is 3.60. The molecule has 1 aliphatic heterocycles. The molecule has 1 atom stereocenters. The minimum absolute atomic E-state index is 0.310. The van der Waals surface area contributed by atoms with Crippen LogP contribution in [-0.4, -0.2) is 13.1 Å². The van der Waals surface area contributed by atoms with Gasteiger partial charge >= 0.3 is 0 Å². The zero-order valence-electron chi connectivity index (χ0n) is 9.09. The summed E-state index contributed by atoms with van der Waals surface area (Å²) in [6.07, 6.45) is 1.31. The van der Waals surface area contributed by atoms with E-state index in [4.69, 9.17) is 0 Å². The fourth-order valence-corrected chi connectivity index (χ4v) is 2.37. The Morgan fingerprint density at radius 2 is 1.93 bits per heavy atom. The second kappa shape index (κ2) is 3.74. The zero-order chi connectivity index (χ0) is 10.0. The standard InChI is InChI=1S/C13H19N/c1-13(2,12-8-9-14-10-12)11-6-4-3-5-7-11/h3-7,12,14H,8-10H2,1-2H3. The fraction of sp³-hybridized carbons (Fsp3) is 0.538. The van der Waals surface area contributed by atoms with Crippen LogP contribution in [0.15, 0.2) is 30.3 Å². The molecule has 2 rings (SSSR count). The Morgan fingerprint density at radius 3 is 2.50 bits per heavy atom. The minimum atomic E-state index is 0.310. The zero-order valence-corrected chi connectivity index (χ0v) is 9.09. The summed E-state index contributed by atoms with van der Waals surface area (Å²) >= 11 is 0. The molecule has 1 N–H and O–H groups in total. The molecule has 1 heteroatoms. The summed E-state index contributed by atoms with van der Waals surface area (Å²) in [4.78, 5) is 0. The average Bonchev–Trinajstić information content (AvgIpc) is 2.72. The molecule has 0 amide bonds. The highest BCUT2D eigenvalue weighted by molar-refractivity contribution is 5.25. The summed E-state index contributed by atoms with van der Waals surface area (Å²) in [7, 11) is 0. The number of nitrogens with one attached hydrogen (secondary N) is 1. The number of hydrogen-bond acceptors (Lipinski definition) is 1. The lowest BCUT2D eigenvalue weighted by Crippen LogP contribution is -2.30. The minimum Gasteiger partial charge on any atom is -0.316 e. The summed E-state index contributed by atoms with van der Waals surface area (Å²) in [5.74, 6) is 0.782. The first kappa shape index (κ1) is 9.72. The van der Waals surface area contributed by atoms with Gasteiger partial charge in [-0.15, -0.1) is 0 Å². The lowest BCUT2D eigenvalue weighted by atomic mass is 9.73. The molecule has 0 spiro atoms. The van der Waals surface area contributed by atoms with Gasteiger partial charge in [0.2, 0.25) is 0 Å². The topological polar surface area (TPSA) is 12.0 Å². The summed E-state index contributed by atoms with van der Waals surface area (Å²) in [6, 6.07) is 10.9. The maximum absolute atomic E-state index is 3.45. The second-order valence-corrected chi connectivity index (χ2v) is 4.78. The third kappa shape index (κ3) is 1.69. The Balaban J connectivity index is 2.22. The van der Waals surface area contributed by atoms with Gasteiger partial charge in [-0.05, 0) is 36.4 Å². The van der Waals surface area contributed by atoms with Gasteiger partial charge < -0.3 is 5.32 Å². The van der Waals surface area contributed by atoms with Gasteiger partial charge in [0, 0.05) is 0 Å². The van der Waals surface area contributed by atoms with Gasteiger partial charge in [0.05, 0.1) is 0 Å². The Kier molecular flexibility index (Phi) is 2.60. The molecule has 1 heterocycles. The SMILES string of the molecule is CC(C)(c1ccccc1)C1CCNC1. The molecular formula is C13H19N. The van der Waals surface area contributed by atoms with Crippen molar-refractivity contribution in [1.82, 2.24) is 5.32 Å². The predicted octanol–water partition coefficient (Wildman–Crippen LogP) is 2.57. The third-order valence-corrected chi connectivity index (χ3v) is 3.60. The van der Waals surface area contributed by atoms with Crippen molar-refractivity contribution in [2.75, 3.05) is 13.1 Å². The highest BCUT2D eigenvalue weighted by Crippen LogP contribution is 2.34. The molecule has 0 radical (unpaired) electrons. The van der Waals surface area contributed by atoms with Crippen molar-refractivity contribution < 1.29 is 0 Å².